The molecule has 0 atom stereocenters. The van der Waals surface area contributed by atoms with Crippen molar-refractivity contribution in [3.05, 3.63) is 58.9 Å². The van der Waals surface area contributed by atoms with Crippen LogP contribution in [0.5, 0.6) is 0 Å². The first-order chi connectivity index (χ1) is 12.3. The lowest BCUT2D eigenvalue weighted by Crippen LogP contribution is -2.36. The van der Waals surface area contributed by atoms with E-state index in [1.165, 1.54) is 28.8 Å². The lowest BCUT2D eigenvalue weighted by atomic mass is 10.1. The van der Waals surface area contributed by atoms with Gasteiger partial charge in [0.15, 0.2) is 0 Å². The molecule has 2 rings (SSSR count). The Hall–Kier alpha value is -2.34. The van der Waals surface area contributed by atoms with Gasteiger partial charge in [-0.3, -0.25) is 9.59 Å². The van der Waals surface area contributed by atoms with Crippen molar-refractivity contribution in [3.63, 3.8) is 0 Å². The fourth-order valence-corrected chi connectivity index (χ4v) is 3.48. The van der Waals surface area contributed by atoms with Crippen molar-refractivity contribution in [2.24, 2.45) is 0 Å². The first-order valence-corrected chi connectivity index (χ1v) is 9.25. The molecule has 2 aromatic rings. The molecule has 0 bridgehead atoms. The van der Waals surface area contributed by atoms with Crippen LogP contribution in [0, 0.1) is 26.6 Å². The van der Waals surface area contributed by atoms with Gasteiger partial charge in [-0.25, -0.2) is 4.39 Å². The molecular weight excluding hydrogens is 351 g/mol. The summed E-state index contributed by atoms with van der Waals surface area (Å²) in [6.45, 7) is 5.89. The van der Waals surface area contributed by atoms with Gasteiger partial charge in [-0.1, -0.05) is 17.7 Å². The van der Waals surface area contributed by atoms with Crippen LogP contribution in [-0.4, -0.2) is 36.1 Å². The van der Waals surface area contributed by atoms with Gasteiger partial charge in [-0.05, 0) is 56.2 Å². The third-order valence-corrected chi connectivity index (χ3v) is 4.92. The summed E-state index contributed by atoms with van der Waals surface area (Å²) in [4.78, 5) is 26.7. The highest BCUT2D eigenvalue weighted by Gasteiger charge is 2.15. The molecule has 26 heavy (non-hydrogen) atoms. The van der Waals surface area contributed by atoms with E-state index in [0.717, 1.165) is 27.3 Å². The molecule has 0 aromatic heterocycles. The molecule has 0 aliphatic rings. The van der Waals surface area contributed by atoms with Crippen molar-refractivity contribution < 1.29 is 14.0 Å². The summed E-state index contributed by atoms with van der Waals surface area (Å²) in [6.07, 6.45) is 0. The molecule has 0 heterocycles. The highest BCUT2D eigenvalue weighted by Crippen LogP contribution is 2.22. The van der Waals surface area contributed by atoms with Crippen LogP contribution in [0.3, 0.4) is 0 Å². The first kappa shape index (κ1) is 20.0. The van der Waals surface area contributed by atoms with Crippen LogP contribution >= 0.6 is 11.8 Å². The predicted molar refractivity (Wildman–Crippen MR) is 104 cm³/mol. The van der Waals surface area contributed by atoms with E-state index in [1.807, 2.05) is 32.9 Å². The number of nitrogens with zero attached hydrogens (tertiary/aromatic N) is 1. The number of anilines is 1. The zero-order valence-corrected chi connectivity index (χ0v) is 16.2. The number of rotatable bonds is 6. The van der Waals surface area contributed by atoms with Gasteiger partial charge in [0.2, 0.25) is 11.8 Å². The maximum atomic E-state index is 12.9. The Morgan fingerprint density at radius 3 is 2.23 bits per heavy atom. The summed E-state index contributed by atoms with van der Waals surface area (Å²) in [5.74, 6) is -0.511. The molecule has 4 nitrogen and oxygen atoms in total. The number of amides is 2. The second kappa shape index (κ2) is 8.85. The van der Waals surface area contributed by atoms with Crippen LogP contribution in [0.4, 0.5) is 10.1 Å². The number of aryl methyl sites for hydroxylation is 3. The summed E-state index contributed by atoms with van der Waals surface area (Å²) in [5, 5.41) is 2.89. The molecule has 0 saturated carbocycles. The molecule has 2 amide bonds. The van der Waals surface area contributed by atoms with Crippen molar-refractivity contribution in [2.45, 2.75) is 25.7 Å². The fourth-order valence-electron chi connectivity index (χ4n) is 2.65. The van der Waals surface area contributed by atoms with Crippen LogP contribution in [0.2, 0.25) is 0 Å². The Bertz CT molecular complexity index is 783. The van der Waals surface area contributed by atoms with Gasteiger partial charge in [0.1, 0.15) is 5.82 Å². The van der Waals surface area contributed by atoms with Crippen LogP contribution in [0.25, 0.3) is 0 Å². The zero-order chi connectivity index (χ0) is 19.3. The minimum absolute atomic E-state index is 0.0183. The van der Waals surface area contributed by atoms with E-state index in [-0.39, 0.29) is 29.9 Å². The van der Waals surface area contributed by atoms with Crippen molar-refractivity contribution in [2.75, 3.05) is 24.7 Å². The van der Waals surface area contributed by atoms with E-state index >= 15 is 0 Å². The summed E-state index contributed by atoms with van der Waals surface area (Å²) in [5.41, 5.74) is 3.93. The average Bonchev–Trinajstić information content (AvgIpc) is 2.57. The molecule has 0 radical (unpaired) electrons. The predicted octanol–water partition coefficient (Wildman–Crippen LogP) is 3.94. The van der Waals surface area contributed by atoms with Crippen LogP contribution in [-0.2, 0) is 9.59 Å². The van der Waals surface area contributed by atoms with Gasteiger partial charge < -0.3 is 10.2 Å². The van der Waals surface area contributed by atoms with Gasteiger partial charge in [0.05, 0.1) is 12.3 Å². The number of halogens is 1. The van der Waals surface area contributed by atoms with Gasteiger partial charge in [-0.15, -0.1) is 11.8 Å². The molecule has 0 fully saturated rings. The average molecular weight is 374 g/mol. The molecule has 0 unspecified atom stereocenters. The minimum atomic E-state index is -0.309. The molecule has 0 aliphatic carbocycles. The van der Waals surface area contributed by atoms with Gasteiger partial charge in [0.25, 0.3) is 0 Å². The maximum Gasteiger partial charge on any atom is 0.243 e. The van der Waals surface area contributed by atoms with E-state index < -0.39 is 0 Å². The number of hydrogen-bond donors (Lipinski definition) is 1. The molecule has 0 aliphatic heterocycles. The largest absolute Gasteiger partial charge is 0.336 e. The van der Waals surface area contributed by atoms with Gasteiger partial charge >= 0.3 is 0 Å². The number of nitrogens with one attached hydrogen (secondary N) is 1. The minimum Gasteiger partial charge on any atom is -0.336 e. The van der Waals surface area contributed by atoms with Gasteiger partial charge in [-0.2, -0.15) is 0 Å². The van der Waals surface area contributed by atoms with Crippen molar-refractivity contribution in [3.8, 4) is 0 Å². The van der Waals surface area contributed by atoms with Crippen molar-refractivity contribution in [1.29, 1.82) is 0 Å². The van der Waals surface area contributed by atoms with E-state index in [9.17, 15) is 14.0 Å². The number of likely N-dealkylation sites (N-methyl/N-ethyl adjacent to an activating group) is 1. The Kier molecular flexibility index (Phi) is 6.80. The molecule has 2 aromatic carbocycles. The first-order valence-electron chi connectivity index (χ1n) is 8.26. The van der Waals surface area contributed by atoms with Crippen molar-refractivity contribution >= 4 is 29.3 Å². The number of carbonyl (C=O) groups is 2. The molecule has 6 heteroatoms. The summed E-state index contributed by atoms with van der Waals surface area (Å²) in [6, 6.07) is 9.99. The van der Waals surface area contributed by atoms with E-state index in [0.29, 0.717) is 0 Å². The highest BCUT2D eigenvalue weighted by atomic mass is 32.2. The number of thioether (sulfide) groups is 1. The molecular formula is C20H23FN2O2S. The lowest BCUT2D eigenvalue weighted by Gasteiger charge is -2.18. The van der Waals surface area contributed by atoms with Crippen LogP contribution < -0.4 is 5.32 Å². The van der Waals surface area contributed by atoms with E-state index in [4.69, 9.17) is 0 Å². The van der Waals surface area contributed by atoms with Crippen LogP contribution in [0.1, 0.15) is 16.7 Å². The standard InChI is InChI=1S/C20H23FN2O2S/c1-13-9-14(2)20(15(3)10-13)22-18(24)11-23(4)19(25)12-26-17-7-5-16(21)6-8-17/h5-10H,11-12H2,1-4H3,(H,22,24). The quantitative estimate of drug-likeness (QED) is 0.779. The normalized spacial score (nSPS) is 10.5. The van der Waals surface area contributed by atoms with Crippen LogP contribution in [0.15, 0.2) is 41.3 Å². The Labute approximate surface area is 157 Å². The Balaban J connectivity index is 1.88. The second-order valence-corrected chi connectivity index (χ2v) is 7.36. The molecule has 1 N–H and O–H groups in total. The topological polar surface area (TPSA) is 49.4 Å². The summed E-state index contributed by atoms with van der Waals surface area (Å²) < 4.78 is 12.9. The Morgan fingerprint density at radius 2 is 1.65 bits per heavy atom. The fraction of sp³-hybridized carbons (Fsp3) is 0.300. The SMILES string of the molecule is Cc1cc(C)c(NC(=O)CN(C)C(=O)CSc2ccc(F)cc2)c(C)c1. The number of carbonyl (C=O) groups excluding carboxylic acids is 2. The summed E-state index contributed by atoms with van der Waals surface area (Å²) >= 11 is 1.31. The molecule has 138 valence electrons. The third kappa shape index (κ3) is 5.59. The third-order valence-electron chi connectivity index (χ3n) is 3.92. The highest BCUT2D eigenvalue weighted by molar-refractivity contribution is 8.00. The zero-order valence-electron chi connectivity index (χ0n) is 15.4. The van der Waals surface area contributed by atoms with E-state index in [1.54, 1.807) is 19.2 Å². The lowest BCUT2D eigenvalue weighted by molar-refractivity contribution is -0.131. The molecule has 0 spiro atoms. The monoisotopic (exact) mass is 374 g/mol. The Morgan fingerprint density at radius 1 is 1.08 bits per heavy atom. The summed E-state index contributed by atoms with van der Waals surface area (Å²) in [7, 11) is 1.60. The van der Waals surface area contributed by atoms with Crippen molar-refractivity contribution in [1.82, 2.24) is 4.90 Å². The van der Waals surface area contributed by atoms with Gasteiger partial charge in [0, 0.05) is 17.6 Å². The smallest absolute Gasteiger partial charge is 0.243 e. The van der Waals surface area contributed by atoms with E-state index in [2.05, 4.69) is 5.32 Å². The molecule has 0 saturated heterocycles. The maximum absolute atomic E-state index is 12.9. The number of hydrogen-bond acceptors (Lipinski definition) is 3. The number of benzene rings is 2. The second-order valence-electron chi connectivity index (χ2n) is 6.31.